The lowest BCUT2D eigenvalue weighted by Gasteiger charge is -2.36. The molecule has 1 fully saturated rings. The van der Waals surface area contributed by atoms with Crippen LogP contribution in [0, 0.1) is 0 Å². The summed E-state index contributed by atoms with van der Waals surface area (Å²) in [5.74, 6) is 1.03. The zero-order valence-electron chi connectivity index (χ0n) is 16.2. The fourth-order valence-corrected chi connectivity index (χ4v) is 3.39. The molecule has 1 aromatic rings. The van der Waals surface area contributed by atoms with E-state index in [1.807, 2.05) is 31.7 Å². The summed E-state index contributed by atoms with van der Waals surface area (Å²) in [6.07, 6.45) is 2.35. The Morgan fingerprint density at radius 2 is 2.00 bits per heavy atom. The van der Waals surface area contributed by atoms with Gasteiger partial charge in [0.25, 0.3) is 5.91 Å². The van der Waals surface area contributed by atoms with Gasteiger partial charge in [-0.05, 0) is 52.2 Å². The number of hydrogen-bond donors (Lipinski definition) is 1. The van der Waals surface area contributed by atoms with E-state index in [2.05, 4.69) is 5.32 Å². The van der Waals surface area contributed by atoms with Gasteiger partial charge in [0.2, 0.25) is 0 Å². The summed E-state index contributed by atoms with van der Waals surface area (Å²) in [6.45, 7) is 7.41. The number of fused-ring (bicyclic) bond motifs is 1. The summed E-state index contributed by atoms with van der Waals surface area (Å²) < 4.78 is 16.6. The van der Waals surface area contributed by atoms with Crippen molar-refractivity contribution in [3.8, 4) is 11.5 Å². The monoisotopic (exact) mass is 376 g/mol. The number of nitrogens with zero attached hydrogens (tertiary/aromatic N) is 1. The van der Waals surface area contributed by atoms with E-state index in [-0.39, 0.29) is 11.9 Å². The number of carbonyl (C=O) groups is 2. The number of piperidine rings is 1. The number of nitrogens with one attached hydrogen (secondary N) is 1. The Labute approximate surface area is 160 Å². The molecular formula is C20H28N2O5. The van der Waals surface area contributed by atoms with Crippen LogP contribution < -0.4 is 14.8 Å². The third-order valence-corrected chi connectivity index (χ3v) is 4.57. The molecular weight excluding hydrogens is 348 g/mol. The molecule has 0 saturated carbocycles. The molecule has 2 heterocycles. The quantitative estimate of drug-likeness (QED) is 0.878. The highest BCUT2D eigenvalue weighted by Crippen LogP contribution is 2.35. The molecule has 7 heteroatoms. The van der Waals surface area contributed by atoms with Crippen LogP contribution in [0.1, 0.15) is 50.4 Å². The van der Waals surface area contributed by atoms with Crippen molar-refractivity contribution in [1.29, 1.82) is 0 Å². The maximum atomic E-state index is 13.2. The second-order valence-corrected chi connectivity index (χ2v) is 7.86. The van der Waals surface area contributed by atoms with E-state index in [1.165, 1.54) is 0 Å². The molecule has 2 aliphatic heterocycles. The first-order valence-electron chi connectivity index (χ1n) is 9.51. The summed E-state index contributed by atoms with van der Waals surface area (Å²) in [5.41, 5.74) is -0.0385. The molecule has 0 radical (unpaired) electrons. The second kappa shape index (κ2) is 8.06. The van der Waals surface area contributed by atoms with E-state index in [9.17, 15) is 9.59 Å². The first kappa shape index (κ1) is 19.3. The van der Waals surface area contributed by atoms with Crippen LogP contribution in [-0.4, -0.2) is 54.8 Å². The van der Waals surface area contributed by atoms with E-state index < -0.39 is 11.7 Å². The van der Waals surface area contributed by atoms with Crippen LogP contribution in [-0.2, 0) is 4.74 Å². The highest BCUT2D eigenvalue weighted by atomic mass is 16.6. The molecule has 1 saturated heterocycles. The molecule has 2 amide bonds. The normalized spacial score (nSPS) is 19.4. The molecule has 0 aromatic heterocycles. The average molecular weight is 376 g/mol. The highest BCUT2D eigenvalue weighted by molar-refractivity contribution is 5.98. The Hall–Kier alpha value is -2.44. The molecule has 1 N–H and O–H groups in total. The maximum absolute atomic E-state index is 13.2. The zero-order valence-corrected chi connectivity index (χ0v) is 16.2. The van der Waals surface area contributed by atoms with E-state index in [0.717, 1.165) is 19.3 Å². The van der Waals surface area contributed by atoms with Crippen LogP contribution >= 0.6 is 0 Å². The third kappa shape index (κ3) is 4.84. The smallest absolute Gasteiger partial charge is 0.407 e. The highest BCUT2D eigenvalue weighted by Gasteiger charge is 2.31. The van der Waals surface area contributed by atoms with Crippen LogP contribution in [0.4, 0.5) is 4.79 Å². The van der Waals surface area contributed by atoms with Crippen molar-refractivity contribution in [1.82, 2.24) is 10.2 Å². The molecule has 1 aromatic carbocycles. The topological polar surface area (TPSA) is 77.1 Å². The van der Waals surface area contributed by atoms with Gasteiger partial charge < -0.3 is 24.4 Å². The molecule has 3 rings (SSSR count). The average Bonchev–Trinajstić information content (AvgIpc) is 2.64. The predicted molar refractivity (Wildman–Crippen MR) is 100 cm³/mol. The lowest BCUT2D eigenvalue weighted by Crippen LogP contribution is -2.50. The van der Waals surface area contributed by atoms with Crippen LogP contribution in [0.25, 0.3) is 0 Å². The standard InChI is InChI=1S/C20H28N2O5/c1-20(2,3)27-19(24)21-13-14-7-4-5-10-22(14)18(23)15-8-6-9-16-17(15)26-12-11-25-16/h6,8-9,14H,4-5,7,10-13H2,1-3H3,(H,21,24)/t14-/m1/s1. The predicted octanol–water partition coefficient (Wildman–Crippen LogP) is 2.98. The third-order valence-electron chi connectivity index (χ3n) is 4.57. The maximum Gasteiger partial charge on any atom is 0.407 e. The van der Waals surface area contributed by atoms with Gasteiger partial charge >= 0.3 is 6.09 Å². The van der Waals surface area contributed by atoms with Gasteiger partial charge in [-0.25, -0.2) is 4.79 Å². The van der Waals surface area contributed by atoms with Crippen molar-refractivity contribution in [3.05, 3.63) is 23.8 Å². The number of benzene rings is 1. The molecule has 0 aliphatic carbocycles. The Balaban J connectivity index is 1.70. The van der Waals surface area contributed by atoms with E-state index in [1.54, 1.807) is 12.1 Å². The number of hydrogen-bond acceptors (Lipinski definition) is 5. The van der Waals surface area contributed by atoms with Gasteiger partial charge in [-0.3, -0.25) is 4.79 Å². The Kier molecular flexibility index (Phi) is 5.77. The minimum Gasteiger partial charge on any atom is -0.486 e. The van der Waals surface area contributed by atoms with Crippen LogP contribution in [0.5, 0.6) is 11.5 Å². The first-order valence-corrected chi connectivity index (χ1v) is 9.51. The summed E-state index contributed by atoms with van der Waals surface area (Å²) in [6, 6.07) is 5.31. The van der Waals surface area contributed by atoms with Gasteiger partial charge in [0.15, 0.2) is 11.5 Å². The summed E-state index contributed by atoms with van der Waals surface area (Å²) in [4.78, 5) is 27.0. The van der Waals surface area contributed by atoms with Crippen molar-refractivity contribution in [2.45, 2.75) is 51.7 Å². The number of ether oxygens (including phenoxy) is 3. The second-order valence-electron chi connectivity index (χ2n) is 7.86. The van der Waals surface area contributed by atoms with Crippen molar-refractivity contribution >= 4 is 12.0 Å². The van der Waals surface area contributed by atoms with E-state index in [0.29, 0.717) is 43.4 Å². The minimum absolute atomic E-state index is 0.0702. The first-order chi connectivity index (χ1) is 12.8. The number of carbonyl (C=O) groups excluding carboxylic acids is 2. The van der Waals surface area contributed by atoms with Crippen LogP contribution in [0.15, 0.2) is 18.2 Å². The van der Waals surface area contributed by atoms with Gasteiger partial charge in [0, 0.05) is 19.1 Å². The molecule has 2 aliphatic rings. The molecule has 0 bridgehead atoms. The lowest BCUT2D eigenvalue weighted by molar-refractivity contribution is 0.0460. The molecule has 27 heavy (non-hydrogen) atoms. The lowest BCUT2D eigenvalue weighted by atomic mass is 10.00. The van der Waals surface area contributed by atoms with Crippen molar-refractivity contribution < 1.29 is 23.8 Å². The summed E-state index contributed by atoms with van der Waals surface area (Å²) in [5, 5.41) is 2.80. The molecule has 0 spiro atoms. The van der Waals surface area contributed by atoms with Crippen molar-refractivity contribution in [2.75, 3.05) is 26.3 Å². The Morgan fingerprint density at radius 3 is 2.78 bits per heavy atom. The number of alkyl carbamates (subject to hydrolysis) is 1. The van der Waals surface area contributed by atoms with Crippen molar-refractivity contribution in [3.63, 3.8) is 0 Å². The molecule has 1 atom stereocenters. The summed E-state index contributed by atoms with van der Waals surface area (Å²) in [7, 11) is 0. The van der Waals surface area contributed by atoms with E-state index in [4.69, 9.17) is 14.2 Å². The molecule has 148 valence electrons. The Morgan fingerprint density at radius 1 is 1.22 bits per heavy atom. The van der Waals surface area contributed by atoms with Crippen LogP contribution in [0.2, 0.25) is 0 Å². The fraction of sp³-hybridized carbons (Fsp3) is 0.600. The van der Waals surface area contributed by atoms with Gasteiger partial charge in [0.05, 0.1) is 5.56 Å². The van der Waals surface area contributed by atoms with Gasteiger partial charge in [0.1, 0.15) is 18.8 Å². The minimum atomic E-state index is -0.549. The number of para-hydroxylation sites is 1. The van der Waals surface area contributed by atoms with Crippen LogP contribution in [0.3, 0.4) is 0 Å². The number of amides is 2. The van der Waals surface area contributed by atoms with Gasteiger partial charge in [-0.1, -0.05) is 6.07 Å². The summed E-state index contributed by atoms with van der Waals surface area (Å²) >= 11 is 0. The van der Waals surface area contributed by atoms with Gasteiger partial charge in [-0.15, -0.1) is 0 Å². The number of rotatable bonds is 3. The fourth-order valence-electron chi connectivity index (χ4n) is 3.39. The molecule has 7 nitrogen and oxygen atoms in total. The zero-order chi connectivity index (χ0) is 19.4. The number of likely N-dealkylation sites (tertiary alicyclic amines) is 1. The van der Waals surface area contributed by atoms with Gasteiger partial charge in [-0.2, -0.15) is 0 Å². The van der Waals surface area contributed by atoms with E-state index >= 15 is 0 Å². The Bertz CT molecular complexity index is 698. The SMILES string of the molecule is CC(C)(C)OC(=O)NC[C@H]1CCCCN1C(=O)c1cccc2c1OCCO2. The molecule has 0 unspecified atom stereocenters. The largest absolute Gasteiger partial charge is 0.486 e. The van der Waals surface area contributed by atoms with Crippen molar-refractivity contribution in [2.24, 2.45) is 0 Å².